The highest BCUT2D eigenvalue weighted by atomic mass is 15.1. The molecule has 0 unspecified atom stereocenters. The Balaban J connectivity index is 1.73. The monoisotopic (exact) mass is 338 g/mol. The zero-order chi connectivity index (χ0) is 18.1. The molecule has 0 aliphatic rings. The van der Waals surface area contributed by atoms with Crippen molar-refractivity contribution in [2.45, 2.75) is 13.5 Å². The molecule has 26 heavy (non-hydrogen) atoms. The van der Waals surface area contributed by atoms with Crippen molar-refractivity contribution in [1.29, 1.82) is 5.26 Å². The third-order valence-corrected chi connectivity index (χ3v) is 4.58. The van der Waals surface area contributed by atoms with Crippen LogP contribution in [0.4, 0.5) is 5.69 Å². The lowest BCUT2D eigenvalue weighted by Crippen LogP contribution is -2.02. The Morgan fingerprint density at radius 1 is 1.00 bits per heavy atom. The Kier molecular flexibility index (Phi) is 3.91. The molecule has 0 aliphatic heterocycles. The molecular weight excluding hydrogens is 320 g/mol. The van der Waals surface area contributed by atoms with E-state index in [1.165, 1.54) is 0 Å². The predicted molar refractivity (Wildman–Crippen MR) is 105 cm³/mol. The number of nitrogen functional groups attached to an aromatic ring is 1. The minimum Gasteiger partial charge on any atom is -0.399 e. The Morgan fingerprint density at radius 2 is 1.77 bits per heavy atom. The van der Waals surface area contributed by atoms with Crippen molar-refractivity contribution in [2.75, 3.05) is 5.73 Å². The van der Waals surface area contributed by atoms with Crippen molar-refractivity contribution in [2.24, 2.45) is 0 Å². The molecule has 4 rings (SSSR count). The first-order valence-corrected chi connectivity index (χ1v) is 8.46. The van der Waals surface area contributed by atoms with Crippen LogP contribution in [-0.2, 0) is 6.54 Å². The number of hydrogen-bond acceptors (Lipinski definition) is 3. The minimum absolute atomic E-state index is 0.664. The van der Waals surface area contributed by atoms with Gasteiger partial charge in [-0.25, -0.2) is 4.98 Å². The lowest BCUT2D eigenvalue weighted by molar-refractivity contribution is 0.786. The molecule has 0 aliphatic carbocycles. The Labute approximate surface area is 152 Å². The number of nitrogens with two attached hydrogens (primary N) is 1. The average Bonchev–Trinajstić information content (AvgIpc) is 2.96. The molecule has 1 heterocycles. The summed E-state index contributed by atoms with van der Waals surface area (Å²) in [6, 6.07) is 24.0. The van der Waals surface area contributed by atoms with Crippen molar-refractivity contribution in [3.8, 4) is 17.2 Å². The van der Waals surface area contributed by atoms with Gasteiger partial charge < -0.3 is 10.3 Å². The van der Waals surface area contributed by atoms with E-state index in [0.29, 0.717) is 5.56 Å². The molecule has 0 saturated heterocycles. The number of nitriles is 1. The van der Waals surface area contributed by atoms with E-state index >= 15 is 0 Å². The molecule has 2 N–H and O–H groups in total. The van der Waals surface area contributed by atoms with Crippen LogP contribution in [0.1, 0.15) is 17.0 Å². The smallest absolute Gasteiger partial charge is 0.107 e. The summed E-state index contributed by atoms with van der Waals surface area (Å²) in [5, 5.41) is 8.94. The molecule has 3 aromatic carbocycles. The molecule has 4 heteroatoms. The van der Waals surface area contributed by atoms with Crippen molar-refractivity contribution < 1.29 is 0 Å². The molecule has 0 saturated carbocycles. The summed E-state index contributed by atoms with van der Waals surface area (Å²) in [4.78, 5) is 4.73. The highest BCUT2D eigenvalue weighted by Crippen LogP contribution is 2.26. The Bertz CT molecular complexity index is 1130. The van der Waals surface area contributed by atoms with Gasteiger partial charge in [-0.1, -0.05) is 30.3 Å². The SMILES string of the molecule is Cc1nc2cc(-c3ccc(C#N)cc3)ccc2n1Cc1cccc(N)c1. The van der Waals surface area contributed by atoms with E-state index in [-0.39, 0.29) is 0 Å². The van der Waals surface area contributed by atoms with Gasteiger partial charge in [-0.2, -0.15) is 5.26 Å². The van der Waals surface area contributed by atoms with Gasteiger partial charge in [0.25, 0.3) is 0 Å². The Morgan fingerprint density at radius 3 is 2.50 bits per heavy atom. The molecule has 0 amide bonds. The largest absolute Gasteiger partial charge is 0.399 e. The topological polar surface area (TPSA) is 67.6 Å². The molecule has 4 aromatic rings. The standard InChI is InChI=1S/C22H18N4/c1-15-25-21-12-19(18-7-5-16(13-23)6-8-18)9-10-22(21)26(15)14-17-3-2-4-20(24)11-17/h2-12H,14,24H2,1H3. The first-order valence-electron chi connectivity index (χ1n) is 8.46. The van der Waals surface area contributed by atoms with Crippen LogP contribution in [0.2, 0.25) is 0 Å². The average molecular weight is 338 g/mol. The van der Waals surface area contributed by atoms with Gasteiger partial charge in [-0.3, -0.25) is 0 Å². The molecular formula is C22H18N4. The van der Waals surface area contributed by atoms with Crippen LogP contribution >= 0.6 is 0 Å². The van der Waals surface area contributed by atoms with Crippen molar-refractivity contribution in [1.82, 2.24) is 9.55 Å². The van der Waals surface area contributed by atoms with Gasteiger partial charge in [0, 0.05) is 12.2 Å². The number of imidazole rings is 1. The maximum absolute atomic E-state index is 8.94. The van der Waals surface area contributed by atoms with Crippen molar-refractivity contribution >= 4 is 16.7 Å². The van der Waals surface area contributed by atoms with Gasteiger partial charge in [-0.05, 0) is 60.0 Å². The van der Waals surface area contributed by atoms with Crippen LogP contribution in [0.15, 0.2) is 66.7 Å². The summed E-state index contributed by atoms with van der Waals surface area (Å²) >= 11 is 0. The molecule has 0 radical (unpaired) electrons. The lowest BCUT2D eigenvalue weighted by atomic mass is 10.0. The second-order valence-electron chi connectivity index (χ2n) is 6.38. The number of aromatic nitrogens is 2. The Hall–Kier alpha value is -3.58. The number of aryl methyl sites for hydroxylation is 1. The number of nitrogens with zero attached hydrogens (tertiary/aromatic N) is 3. The third kappa shape index (κ3) is 2.91. The highest BCUT2D eigenvalue weighted by Gasteiger charge is 2.10. The van der Waals surface area contributed by atoms with Gasteiger partial charge in [0.1, 0.15) is 5.82 Å². The van der Waals surface area contributed by atoms with Crippen LogP contribution in [0.3, 0.4) is 0 Å². The van der Waals surface area contributed by atoms with Crippen LogP contribution < -0.4 is 5.73 Å². The molecule has 1 aromatic heterocycles. The number of rotatable bonds is 3. The van der Waals surface area contributed by atoms with Crippen LogP contribution in [-0.4, -0.2) is 9.55 Å². The second-order valence-corrected chi connectivity index (χ2v) is 6.38. The normalized spacial score (nSPS) is 10.8. The van der Waals surface area contributed by atoms with Crippen molar-refractivity contribution in [3.05, 3.63) is 83.7 Å². The van der Waals surface area contributed by atoms with Gasteiger partial charge in [0.15, 0.2) is 0 Å². The minimum atomic E-state index is 0.664. The lowest BCUT2D eigenvalue weighted by Gasteiger charge is -2.08. The van der Waals surface area contributed by atoms with E-state index < -0.39 is 0 Å². The summed E-state index contributed by atoms with van der Waals surface area (Å²) in [6.07, 6.45) is 0. The van der Waals surface area contributed by atoms with E-state index in [4.69, 9.17) is 16.0 Å². The highest BCUT2D eigenvalue weighted by molar-refractivity contribution is 5.82. The van der Waals surface area contributed by atoms with Gasteiger partial charge >= 0.3 is 0 Å². The molecule has 0 fully saturated rings. The van der Waals surface area contributed by atoms with E-state index in [0.717, 1.165) is 45.8 Å². The summed E-state index contributed by atoms with van der Waals surface area (Å²) in [6.45, 7) is 2.76. The zero-order valence-corrected chi connectivity index (χ0v) is 14.5. The molecule has 0 atom stereocenters. The number of anilines is 1. The van der Waals surface area contributed by atoms with Crippen LogP contribution in [0, 0.1) is 18.3 Å². The fourth-order valence-electron chi connectivity index (χ4n) is 3.24. The molecule has 0 bridgehead atoms. The quantitative estimate of drug-likeness (QED) is 0.559. The number of hydrogen-bond donors (Lipinski definition) is 1. The van der Waals surface area contributed by atoms with E-state index in [1.54, 1.807) is 0 Å². The molecule has 4 nitrogen and oxygen atoms in total. The molecule has 0 spiro atoms. The fourth-order valence-corrected chi connectivity index (χ4v) is 3.24. The van der Waals surface area contributed by atoms with Gasteiger partial charge in [0.2, 0.25) is 0 Å². The number of fused-ring (bicyclic) bond motifs is 1. The van der Waals surface area contributed by atoms with Crippen molar-refractivity contribution in [3.63, 3.8) is 0 Å². The zero-order valence-electron chi connectivity index (χ0n) is 14.5. The second kappa shape index (κ2) is 6.38. The van der Waals surface area contributed by atoms with Crippen LogP contribution in [0.5, 0.6) is 0 Å². The summed E-state index contributed by atoms with van der Waals surface area (Å²) in [5.74, 6) is 0.972. The first-order chi connectivity index (χ1) is 12.6. The van der Waals surface area contributed by atoms with Gasteiger partial charge in [0.05, 0.1) is 22.7 Å². The van der Waals surface area contributed by atoms with E-state index in [1.807, 2.05) is 49.4 Å². The first kappa shape index (κ1) is 15.9. The molecule has 126 valence electrons. The maximum atomic E-state index is 8.94. The summed E-state index contributed by atoms with van der Waals surface area (Å²) < 4.78 is 2.20. The summed E-state index contributed by atoms with van der Waals surface area (Å²) in [5.41, 5.74) is 12.7. The fraction of sp³-hybridized carbons (Fsp3) is 0.0909. The predicted octanol–water partition coefficient (Wildman–Crippen LogP) is 4.51. The third-order valence-electron chi connectivity index (χ3n) is 4.58. The van der Waals surface area contributed by atoms with E-state index in [9.17, 15) is 0 Å². The van der Waals surface area contributed by atoms with Gasteiger partial charge in [-0.15, -0.1) is 0 Å². The maximum Gasteiger partial charge on any atom is 0.107 e. The summed E-state index contributed by atoms with van der Waals surface area (Å²) in [7, 11) is 0. The number of benzene rings is 3. The van der Waals surface area contributed by atoms with E-state index in [2.05, 4.69) is 34.9 Å². The van der Waals surface area contributed by atoms with Crippen LogP contribution in [0.25, 0.3) is 22.2 Å².